The molecule has 0 bridgehead atoms. The summed E-state index contributed by atoms with van der Waals surface area (Å²) >= 11 is 0. The van der Waals surface area contributed by atoms with Crippen molar-refractivity contribution >= 4 is 10.0 Å². The van der Waals surface area contributed by atoms with Crippen molar-refractivity contribution in [2.75, 3.05) is 7.11 Å². The molecule has 0 radical (unpaired) electrons. The van der Waals surface area contributed by atoms with Gasteiger partial charge in [0.25, 0.3) is 0 Å². The molecule has 20 heavy (non-hydrogen) atoms. The minimum Gasteiger partial charge on any atom is -0.380 e. The van der Waals surface area contributed by atoms with Gasteiger partial charge < -0.3 is 4.74 Å². The summed E-state index contributed by atoms with van der Waals surface area (Å²) in [6.45, 7) is 9.09. The van der Waals surface area contributed by atoms with Gasteiger partial charge in [-0.05, 0) is 52.9 Å². The second-order valence-electron chi connectivity index (χ2n) is 6.96. The Morgan fingerprint density at radius 3 is 2.60 bits per heavy atom. The first-order valence-electron chi connectivity index (χ1n) is 7.40. The number of allylic oxidation sites excluding steroid dienone is 1. The normalized spacial score (nSPS) is 37.3. The standard InChI is InChI=1S/C15H27NO3S/c1-6-7-10-15-11-8-9-12(19-5)13(15)16(15)20(17,18)14(2,3)4/h6,12-13H,1,7-11H2,2-5H3/t12-,13?,15+,16?/m1/s1. The summed E-state index contributed by atoms with van der Waals surface area (Å²) in [6.07, 6.45) is 6.54. The SMILES string of the molecule is C=CCC[C@]12CCC[C@@H](OC)C1N2S(=O)(=O)C(C)(C)C. The second-order valence-corrected chi connectivity index (χ2v) is 9.52. The Morgan fingerprint density at radius 1 is 1.45 bits per heavy atom. The molecule has 1 aliphatic heterocycles. The monoisotopic (exact) mass is 301 g/mol. The molecule has 2 fully saturated rings. The van der Waals surface area contributed by atoms with E-state index in [4.69, 9.17) is 4.74 Å². The van der Waals surface area contributed by atoms with Gasteiger partial charge in [0.1, 0.15) is 0 Å². The van der Waals surface area contributed by atoms with Crippen LogP contribution in [-0.2, 0) is 14.8 Å². The Balaban J connectivity index is 2.35. The number of hydrogen-bond acceptors (Lipinski definition) is 3. The Morgan fingerprint density at radius 2 is 2.10 bits per heavy atom. The van der Waals surface area contributed by atoms with Crippen molar-refractivity contribution in [3.63, 3.8) is 0 Å². The molecule has 1 saturated heterocycles. The van der Waals surface area contributed by atoms with Gasteiger partial charge in [-0.25, -0.2) is 8.42 Å². The van der Waals surface area contributed by atoms with Crippen molar-refractivity contribution in [3.8, 4) is 0 Å². The summed E-state index contributed by atoms with van der Waals surface area (Å²) in [5.41, 5.74) is -0.223. The van der Waals surface area contributed by atoms with E-state index in [0.717, 1.165) is 32.1 Å². The predicted octanol–water partition coefficient (Wildman–Crippen LogP) is 2.70. The van der Waals surface area contributed by atoms with Gasteiger partial charge in [0.05, 0.1) is 22.4 Å². The topological polar surface area (TPSA) is 46.4 Å². The molecular formula is C15H27NO3S. The largest absolute Gasteiger partial charge is 0.380 e. The maximum absolute atomic E-state index is 12.9. The van der Waals surface area contributed by atoms with E-state index in [1.165, 1.54) is 0 Å². The highest BCUT2D eigenvalue weighted by molar-refractivity contribution is 7.90. The van der Waals surface area contributed by atoms with E-state index in [1.54, 1.807) is 32.2 Å². The molecule has 1 heterocycles. The first kappa shape index (κ1) is 16.0. The van der Waals surface area contributed by atoms with Crippen molar-refractivity contribution in [2.45, 2.75) is 75.3 Å². The molecule has 4 nitrogen and oxygen atoms in total. The van der Waals surface area contributed by atoms with Crippen molar-refractivity contribution in [1.82, 2.24) is 4.31 Å². The van der Waals surface area contributed by atoms with Crippen LogP contribution >= 0.6 is 0 Å². The van der Waals surface area contributed by atoms with Crippen LogP contribution in [0, 0.1) is 0 Å². The lowest BCUT2D eigenvalue weighted by molar-refractivity contribution is 0.0725. The van der Waals surface area contributed by atoms with Crippen LogP contribution in [0.5, 0.6) is 0 Å². The summed E-state index contributed by atoms with van der Waals surface area (Å²) in [6, 6.07) is 0.0189. The molecule has 1 aliphatic carbocycles. The smallest absolute Gasteiger partial charge is 0.220 e. The minimum atomic E-state index is -3.30. The van der Waals surface area contributed by atoms with Gasteiger partial charge in [-0.3, -0.25) is 0 Å². The minimum absolute atomic E-state index is 0.0189. The predicted molar refractivity (Wildman–Crippen MR) is 81.1 cm³/mol. The van der Waals surface area contributed by atoms with E-state index in [9.17, 15) is 8.42 Å². The van der Waals surface area contributed by atoms with Crippen LogP contribution in [0.4, 0.5) is 0 Å². The van der Waals surface area contributed by atoms with Gasteiger partial charge in [-0.2, -0.15) is 4.31 Å². The fourth-order valence-electron chi connectivity index (χ4n) is 3.56. The molecule has 0 aromatic carbocycles. The van der Waals surface area contributed by atoms with E-state index >= 15 is 0 Å². The van der Waals surface area contributed by atoms with E-state index in [1.807, 2.05) is 6.08 Å². The van der Waals surface area contributed by atoms with E-state index in [2.05, 4.69) is 6.58 Å². The van der Waals surface area contributed by atoms with Gasteiger partial charge in [0.2, 0.25) is 10.0 Å². The highest BCUT2D eigenvalue weighted by atomic mass is 32.2. The van der Waals surface area contributed by atoms with Crippen LogP contribution in [0.2, 0.25) is 0 Å². The number of ether oxygens (including phenoxy) is 1. The third kappa shape index (κ3) is 2.24. The van der Waals surface area contributed by atoms with Crippen molar-refractivity contribution < 1.29 is 13.2 Å². The fraction of sp³-hybridized carbons (Fsp3) is 0.867. The van der Waals surface area contributed by atoms with Crippen LogP contribution in [0.25, 0.3) is 0 Å². The summed E-state index contributed by atoms with van der Waals surface area (Å²) in [7, 11) is -1.61. The van der Waals surface area contributed by atoms with Crippen molar-refractivity contribution in [3.05, 3.63) is 12.7 Å². The molecule has 4 atom stereocenters. The van der Waals surface area contributed by atoms with Crippen LogP contribution < -0.4 is 0 Å². The van der Waals surface area contributed by atoms with Crippen LogP contribution in [0.1, 0.15) is 52.9 Å². The molecule has 0 aromatic heterocycles. The Bertz CT molecular complexity index is 480. The quantitative estimate of drug-likeness (QED) is 0.579. The fourth-order valence-corrected chi connectivity index (χ4v) is 5.50. The van der Waals surface area contributed by atoms with Gasteiger partial charge in [0.15, 0.2) is 0 Å². The lowest BCUT2D eigenvalue weighted by Gasteiger charge is -2.25. The van der Waals surface area contributed by atoms with E-state index < -0.39 is 14.8 Å². The molecule has 2 rings (SSSR count). The zero-order valence-electron chi connectivity index (χ0n) is 13.1. The number of nitrogens with zero attached hydrogens (tertiary/aromatic N) is 1. The van der Waals surface area contributed by atoms with Crippen molar-refractivity contribution in [2.24, 2.45) is 0 Å². The van der Waals surface area contributed by atoms with Gasteiger partial charge in [0, 0.05) is 7.11 Å². The third-order valence-electron chi connectivity index (χ3n) is 4.74. The molecule has 0 spiro atoms. The summed E-state index contributed by atoms with van der Waals surface area (Å²) in [5.74, 6) is 0. The van der Waals surface area contributed by atoms with E-state index in [0.29, 0.717) is 0 Å². The Hall–Kier alpha value is -0.390. The zero-order valence-corrected chi connectivity index (χ0v) is 13.9. The molecular weight excluding hydrogens is 274 g/mol. The van der Waals surface area contributed by atoms with E-state index in [-0.39, 0.29) is 17.7 Å². The lowest BCUT2D eigenvalue weighted by atomic mass is 9.84. The molecule has 116 valence electrons. The highest BCUT2D eigenvalue weighted by Crippen LogP contribution is 2.57. The van der Waals surface area contributed by atoms with Gasteiger partial charge in [-0.1, -0.05) is 6.08 Å². The van der Waals surface area contributed by atoms with Gasteiger partial charge >= 0.3 is 0 Å². The molecule has 5 heteroatoms. The number of methoxy groups -OCH3 is 1. The summed E-state index contributed by atoms with van der Waals surface area (Å²) in [4.78, 5) is 0. The third-order valence-corrected chi connectivity index (χ3v) is 7.40. The Kier molecular flexibility index (Phi) is 4.08. The van der Waals surface area contributed by atoms with Crippen LogP contribution in [-0.4, -0.2) is 42.3 Å². The maximum atomic E-state index is 12.9. The zero-order chi connectivity index (χ0) is 15.2. The summed E-state index contributed by atoms with van der Waals surface area (Å²) in [5, 5.41) is 0. The molecule has 0 aromatic rings. The number of sulfonamides is 1. The average molecular weight is 301 g/mol. The second kappa shape index (κ2) is 5.11. The average Bonchev–Trinajstić information content (AvgIpc) is 3.04. The lowest BCUT2D eigenvalue weighted by Crippen LogP contribution is -2.37. The molecule has 0 amide bonds. The summed E-state index contributed by atoms with van der Waals surface area (Å²) < 4.78 is 32.3. The Labute approximate surface area is 123 Å². The molecule has 0 N–H and O–H groups in total. The first-order valence-corrected chi connectivity index (χ1v) is 8.84. The highest BCUT2D eigenvalue weighted by Gasteiger charge is 2.72. The van der Waals surface area contributed by atoms with Crippen LogP contribution in [0.15, 0.2) is 12.7 Å². The maximum Gasteiger partial charge on any atom is 0.220 e. The first-order chi connectivity index (χ1) is 9.22. The molecule has 1 saturated carbocycles. The number of fused-ring (bicyclic) bond motifs is 1. The number of rotatable bonds is 5. The van der Waals surface area contributed by atoms with Crippen LogP contribution in [0.3, 0.4) is 0 Å². The van der Waals surface area contributed by atoms with Gasteiger partial charge in [-0.15, -0.1) is 6.58 Å². The molecule has 2 aliphatic rings. The number of hydrogen-bond donors (Lipinski definition) is 0. The molecule has 2 unspecified atom stereocenters. The van der Waals surface area contributed by atoms with Crippen molar-refractivity contribution in [1.29, 1.82) is 0 Å².